The van der Waals surface area contributed by atoms with E-state index in [-0.39, 0.29) is 23.3 Å². The summed E-state index contributed by atoms with van der Waals surface area (Å²) in [4.78, 5) is 13.6. The highest BCUT2D eigenvalue weighted by Gasteiger charge is 2.21. The van der Waals surface area contributed by atoms with Gasteiger partial charge in [-0.15, -0.1) is 0 Å². The lowest BCUT2D eigenvalue weighted by atomic mass is 9.99. The molecule has 1 atom stereocenters. The molecule has 1 amide bonds. The van der Waals surface area contributed by atoms with Crippen molar-refractivity contribution in [2.45, 2.75) is 45.2 Å². The lowest BCUT2D eigenvalue weighted by Gasteiger charge is -2.27. The third-order valence-corrected chi connectivity index (χ3v) is 3.31. The molecular weight excluding hydrogens is 243 g/mol. The highest BCUT2D eigenvalue weighted by molar-refractivity contribution is 5.76. The zero-order valence-corrected chi connectivity index (χ0v) is 12.1. The van der Waals surface area contributed by atoms with Crippen LogP contribution in [0.5, 0.6) is 0 Å². The van der Waals surface area contributed by atoms with Crippen molar-refractivity contribution in [3.8, 4) is 0 Å². The molecule has 1 aromatic carbocycles. The molecule has 1 rings (SSSR count). The molecule has 0 aliphatic rings. The molecule has 1 aromatic rings. The van der Waals surface area contributed by atoms with Crippen molar-refractivity contribution in [2.75, 3.05) is 7.05 Å². The summed E-state index contributed by atoms with van der Waals surface area (Å²) in [5.41, 5.74) is 6.03. The number of hydrogen-bond donors (Lipinski definition) is 1. The predicted molar refractivity (Wildman–Crippen MR) is 75.1 cm³/mol. The Kier molecular flexibility index (Phi) is 5.06. The van der Waals surface area contributed by atoms with Crippen molar-refractivity contribution in [3.05, 3.63) is 35.6 Å². The fourth-order valence-corrected chi connectivity index (χ4v) is 1.84. The van der Waals surface area contributed by atoms with Gasteiger partial charge in [0.1, 0.15) is 5.82 Å². The second kappa shape index (κ2) is 6.15. The van der Waals surface area contributed by atoms with Crippen LogP contribution in [0.2, 0.25) is 0 Å². The molecule has 0 aliphatic carbocycles. The quantitative estimate of drug-likeness (QED) is 0.890. The smallest absolute Gasteiger partial charge is 0.222 e. The third kappa shape index (κ3) is 4.63. The van der Waals surface area contributed by atoms with Gasteiger partial charge in [0, 0.05) is 24.6 Å². The van der Waals surface area contributed by atoms with Gasteiger partial charge in [-0.1, -0.05) is 18.2 Å². The molecule has 0 bridgehead atoms. The van der Waals surface area contributed by atoms with Gasteiger partial charge in [0.15, 0.2) is 0 Å². The highest BCUT2D eigenvalue weighted by Crippen LogP contribution is 2.22. The maximum absolute atomic E-state index is 13.7. The minimum Gasteiger partial charge on any atom is -0.339 e. The number of amides is 1. The molecule has 19 heavy (non-hydrogen) atoms. The van der Waals surface area contributed by atoms with E-state index < -0.39 is 0 Å². The van der Waals surface area contributed by atoms with E-state index >= 15 is 0 Å². The van der Waals surface area contributed by atoms with Gasteiger partial charge in [-0.2, -0.15) is 0 Å². The second-order valence-electron chi connectivity index (χ2n) is 5.69. The average Bonchev–Trinajstić information content (AvgIpc) is 2.34. The Hall–Kier alpha value is -1.42. The molecule has 1 unspecified atom stereocenters. The second-order valence-corrected chi connectivity index (χ2v) is 5.69. The van der Waals surface area contributed by atoms with E-state index in [0.717, 1.165) is 0 Å². The first-order valence-corrected chi connectivity index (χ1v) is 6.51. The molecule has 2 N–H and O–H groups in total. The standard InChI is InChI=1S/C15H23FN2O/c1-11(12-7-5-6-8-13(12)16)18(4)14(19)9-10-15(2,3)17/h5-8,11H,9-10,17H2,1-4H3. The third-order valence-electron chi connectivity index (χ3n) is 3.31. The average molecular weight is 266 g/mol. The van der Waals surface area contributed by atoms with E-state index in [9.17, 15) is 9.18 Å². The Morgan fingerprint density at radius 2 is 2.00 bits per heavy atom. The lowest BCUT2D eigenvalue weighted by molar-refractivity contribution is -0.132. The number of carbonyl (C=O) groups excluding carboxylic acids is 1. The number of hydrogen-bond acceptors (Lipinski definition) is 2. The number of nitrogens with zero attached hydrogens (tertiary/aromatic N) is 1. The van der Waals surface area contributed by atoms with Crippen molar-refractivity contribution in [1.29, 1.82) is 0 Å². The van der Waals surface area contributed by atoms with Crippen molar-refractivity contribution in [3.63, 3.8) is 0 Å². The van der Waals surface area contributed by atoms with E-state index in [0.29, 0.717) is 18.4 Å². The van der Waals surface area contributed by atoms with Gasteiger partial charge < -0.3 is 10.6 Å². The summed E-state index contributed by atoms with van der Waals surface area (Å²) in [6.45, 7) is 5.60. The van der Waals surface area contributed by atoms with Gasteiger partial charge in [-0.25, -0.2) is 4.39 Å². The van der Waals surface area contributed by atoms with Gasteiger partial charge in [0.05, 0.1) is 6.04 Å². The van der Waals surface area contributed by atoms with Gasteiger partial charge >= 0.3 is 0 Å². The normalized spacial score (nSPS) is 13.2. The van der Waals surface area contributed by atoms with E-state index in [1.54, 1.807) is 30.1 Å². The van der Waals surface area contributed by atoms with Crippen LogP contribution in [0.1, 0.15) is 45.2 Å². The summed E-state index contributed by atoms with van der Waals surface area (Å²) in [5.74, 6) is -0.303. The number of nitrogens with two attached hydrogens (primary N) is 1. The monoisotopic (exact) mass is 266 g/mol. The number of rotatable bonds is 5. The summed E-state index contributed by atoms with van der Waals surface area (Å²) in [5, 5.41) is 0. The van der Waals surface area contributed by atoms with Crippen LogP contribution in [-0.2, 0) is 4.79 Å². The number of benzene rings is 1. The Balaban J connectivity index is 2.69. The van der Waals surface area contributed by atoms with Gasteiger partial charge in [0.25, 0.3) is 0 Å². The number of carbonyl (C=O) groups is 1. The molecule has 0 radical (unpaired) electrons. The van der Waals surface area contributed by atoms with Crippen LogP contribution < -0.4 is 5.73 Å². The zero-order valence-electron chi connectivity index (χ0n) is 12.1. The molecule has 0 spiro atoms. The minimum absolute atomic E-state index is 0.0192. The minimum atomic E-state index is -0.363. The Bertz CT molecular complexity index is 440. The maximum atomic E-state index is 13.7. The number of halogens is 1. The van der Waals surface area contributed by atoms with E-state index in [2.05, 4.69) is 0 Å². The van der Waals surface area contributed by atoms with Crippen molar-refractivity contribution in [2.24, 2.45) is 5.73 Å². The molecule has 3 nitrogen and oxygen atoms in total. The molecule has 0 saturated carbocycles. The molecule has 0 aromatic heterocycles. The van der Waals surface area contributed by atoms with E-state index in [1.807, 2.05) is 20.8 Å². The van der Waals surface area contributed by atoms with Crippen LogP contribution in [0.3, 0.4) is 0 Å². The first-order valence-electron chi connectivity index (χ1n) is 6.51. The SMILES string of the molecule is CC(c1ccccc1F)N(C)C(=O)CCC(C)(C)N. The molecule has 0 fully saturated rings. The van der Waals surface area contributed by atoms with Crippen LogP contribution in [0.25, 0.3) is 0 Å². The molecular formula is C15H23FN2O. The molecule has 0 heterocycles. The zero-order chi connectivity index (χ0) is 14.6. The summed E-state index contributed by atoms with van der Waals surface area (Å²) >= 11 is 0. The maximum Gasteiger partial charge on any atom is 0.222 e. The largest absolute Gasteiger partial charge is 0.339 e. The van der Waals surface area contributed by atoms with Gasteiger partial charge in [-0.3, -0.25) is 4.79 Å². The Morgan fingerprint density at radius 1 is 1.42 bits per heavy atom. The first-order chi connectivity index (χ1) is 8.72. The van der Waals surface area contributed by atoms with E-state index in [1.165, 1.54) is 6.07 Å². The fraction of sp³-hybridized carbons (Fsp3) is 0.533. The lowest BCUT2D eigenvalue weighted by Crippen LogP contribution is -2.36. The van der Waals surface area contributed by atoms with Crippen LogP contribution in [0, 0.1) is 5.82 Å². The van der Waals surface area contributed by atoms with Crippen molar-refractivity contribution >= 4 is 5.91 Å². The van der Waals surface area contributed by atoms with Crippen LogP contribution in [0.4, 0.5) is 4.39 Å². The topological polar surface area (TPSA) is 46.3 Å². The summed E-state index contributed by atoms with van der Waals surface area (Å²) in [7, 11) is 1.70. The molecule has 4 heteroatoms. The highest BCUT2D eigenvalue weighted by atomic mass is 19.1. The first kappa shape index (κ1) is 15.6. The van der Waals surface area contributed by atoms with Crippen molar-refractivity contribution < 1.29 is 9.18 Å². The van der Waals surface area contributed by atoms with Gasteiger partial charge in [0.2, 0.25) is 5.91 Å². The van der Waals surface area contributed by atoms with Crippen LogP contribution >= 0.6 is 0 Å². The Morgan fingerprint density at radius 3 is 2.53 bits per heavy atom. The molecule has 0 saturated heterocycles. The Labute approximate surface area is 114 Å². The summed E-state index contributed by atoms with van der Waals surface area (Å²) in [6, 6.07) is 6.25. The fourth-order valence-electron chi connectivity index (χ4n) is 1.84. The van der Waals surface area contributed by atoms with Crippen LogP contribution in [-0.4, -0.2) is 23.4 Å². The van der Waals surface area contributed by atoms with Gasteiger partial charge in [-0.05, 0) is 33.3 Å². The molecule has 106 valence electrons. The predicted octanol–water partition coefficient (Wildman–Crippen LogP) is 2.86. The molecule has 0 aliphatic heterocycles. The summed E-state index contributed by atoms with van der Waals surface area (Å²) < 4.78 is 13.7. The van der Waals surface area contributed by atoms with Crippen molar-refractivity contribution in [1.82, 2.24) is 4.90 Å². The summed E-state index contributed by atoms with van der Waals surface area (Å²) in [6.07, 6.45) is 0.985. The van der Waals surface area contributed by atoms with Crippen LogP contribution in [0.15, 0.2) is 24.3 Å². The van der Waals surface area contributed by atoms with E-state index in [4.69, 9.17) is 5.73 Å².